The molecule has 0 aliphatic rings. The minimum atomic E-state index is -4.82. The lowest BCUT2D eigenvalue weighted by atomic mass is 10.1. The number of carbonyl (C=O) groups excluding carboxylic acids is 6. The number of ketones is 2. The molecule has 0 heterocycles. The first-order valence-electron chi connectivity index (χ1n) is 19.2. The maximum Gasteiger partial charge on any atom is 0.418 e. The molecule has 0 bridgehead atoms. The second-order valence-electron chi connectivity index (χ2n) is 14.6. The van der Waals surface area contributed by atoms with Crippen LogP contribution in [-0.2, 0) is 31.5 Å². The molecule has 24 heteroatoms. The summed E-state index contributed by atoms with van der Waals surface area (Å²) in [5, 5.41) is 24.5. The first-order chi connectivity index (χ1) is 31.7. The van der Waals surface area contributed by atoms with Crippen molar-refractivity contribution in [3.8, 4) is 0 Å². The van der Waals surface area contributed by atoms with E-state index < -0.39 is 82.1 Å². The summed E-state index contributed by atoms with van der Waals surface area (Å²) in [4.78, 5) is 78.0. The molecule has 0 aliphatic carbocycles. The van der Waals surface area contributed by atoms with Crippen molar-refractivity contribution in [1.29, 1.82) is 0 Å². The zero-order chi connectivity index (χ0) is 50.4. The molecule has 5 rings (SSSR count). The van der Waals surface area contributed by atoms with Gasteiger partial charge in [0.05, 0.1) is 33.9 Å². The van der Waals surface area contributed by atoms with Crippen molar-refractivity contribution in [2.45, 2.75) is 52.1 Å². The Labute approximate surface area is 401 Å². The topological polar surface area (TPSA) is 200 Å². The second-order valence-corrected chi connectivity index (χ2v) is 16.3. The maximum absolute atomic E-state index is 13.6. The molecular formula is C44H32Cl4F6N8O6. The number of amides is 4. The quantitative estimate of drug-likeness (QED) is 0.0484. The molecule has 2 atom stereocenters. The number of alkyl halides is 6. The zero-order valence-corrected chi connectivity index (χ0v) is 38.3. The van der Waals surface area contributed by atoms with E-state index in [9.17, 15) is 55.1 Å². The number of hydrogen-bond donors (Lipinski definition) is 4. The molecule has 0 saturated carbocycles. The third-order valence-corrected chi connectivity index (χ3v) is 10.2. The molecule has 4 amide bonds. The first-order valence-corrected chi connectivity index (χ1v) is 20.7. The summed E-state index contributed by atoms with van der Waals surface area (Å²) in [6, 6.07) is 11.6. The summed E-state index contributed by atoms with van der Waals surface area (Å²) in [7, 11) is 0. The first kappa shape index (κ1) is 52.2. The molecule has 0 aliphatic heterocycles. The molecule has 0 radical (unpaired) electrons. The van der Waals surface area contributed by atoms with E-state index in [1.165, 1.54) is 24.3 Å². The number of nitrogens with zero attached hydrogens (tertiary/aromatic N) is 4. The van der Waals surface area contributed by atoms with Gasteiger partial charge in [-0.2, -0.15) is 46.8 Å². The van der Waals surface area contributed by atoms with Crippen LogP contribution in [0.2, 0.25) is 20.1 Å². The number of rotatable bonds is 14. The third kappa shape index (κ3) is 13.7. The summed E-state index contributed by atoms with van der Waals surface area (Å²) in [6.45, 7) is 5.20. The predicted molar refractivity (Wildman–Crippen MR) is 243 cm³/mol. The van der Waals surface area contributed by atoms with Gasteiger partial charge in [-0.25, -0.2) is 0 Å². The summed E-state index contributed by atoms with van der Waals surface area (Å²) in [5.74, 6) is -5.46. The van der Waals surface area contributed by atoms with E-state index in [2.05, 4.69) is 41.7 Å². The van der Waals surface area contributed by atoms with E-state index in [1.807, 2.05) is 0 Å². The van der Waals surface area contributed by atoms with Crippen LogP contribution < -0.4 is 21.3 Å². The Morgan fingerprint density at radius 3 is 1.15 bits per heavy atom. The van der Waals surface area contributed by atoms with Gasteiger partial charge < -0.3 is 21.3 Å². The van der Waals surface area contributed by atoms with E-state index in [1.54, 1.807) is 13.8 Å². The molecule has 4 N–H and O–H groups in total. The van der Waals surface area contributed by atoms with E-state index >= 15 is 0 Å². The average Bonchev–Trinajstić information content (AvgIpc) is 3.21. The van der Waals surface area contributed by atoms with Gasteiger partial charge in [0.1, 0.15) is 0 Å². The summed E-state index contributed by atoms with van der Waals surface area (Å²) < 4.78 is 81.4. The number of anilines is 4. The SMILES string of the molecule is CC(=O)C(N=Nc1cc(Cl)cc(C(=O)Nc2cc(Cl)ccc2C(F)(F)F)c1)C(=O)Nc1cc(C)c(NC(=O)C(N=Nc2cc(Cl)cc(C(=O)Nc3cc(Cl)ccc3C(F)(F)F)c2)C(C)=O)cc1C. The third-order valence-electron chi connectivity index (χ3n) is 9.29. The number of halogens is 10. The van der Waals surface area contributed by atoms with Crippen LogP contribution in [0, 0.1) is 13.8 Å². The zero-order valence-electron chi connectivity index (χ0n) is 35.3. The van der Waals surface area contributed by atoms with Crippen molar-refractivity contribution in [2.75, 3.05) is 21.3 Å². The summed E-state index contributed by atoms with van der Waals surface area (Å²) in [5.41, 5.74) is -3.31. The molecule has 0 fully saturated rings. The molecule has 0 aromatic heterocycles. The summed E-state index contributed by atoms with van der Waals surface area (Å²) in [6.07, 6.45) is -9.65. The number of carbonyl (C=O) groups is 6. The van der Waals surface area contributed by atoms with Crippen LogP contribution in [-0.4, -0.2) is 47.3 Å². The van der Waals surface area contributed by atoms with Crippen molar-refractivity contribution in [1.82, 2.24) is 0 Å². The summed E-state index contributed by atoms with van der Waals surface area (Å²) >= 11 is 24.0. The van der Waals surface area contributed by atoms with E-state index in [0.717, 1.165) is 62.4 Å². The Morgan fingerprint density at radius 1 is 0.471 bits per heavy atom. The number of benzene rings is 5. The van der Waals surface area contributed by atoms with Gasteiger partial charge in [0.2, 0.25) is 12.1 Å². The number of hydrogen-bond acceptors (Lipinski definition) is 10. The fourth-order valence-corrected chi connectivity index (χ4v) is 6.83. The molecular weight excluding hydrogens is 992 g/mol. The van der Waals surface area contributed by atoms with Crippen LogP contribution in [0.25, 0.3) is 0 Å². The van der Waals surface area contributed by atoms with E-state index in [0.29, 0.717) is 23.3 Å². The minimum Gasteiger partial charge on any atom is -0.324 e. The van der Waals surface area contributed by atoms with Gasteiger partial charge in [-0.15, -0.1) is 0 Å². The van der Waals surface area contributed by atoms with Crippen LogP contribution in [0.15, 0.2) is 105 Å². The van der Waals surface area contributed by atoms with E-state index in [4.69, 9.17) is 46.4 Å². The normalized spacial score (nSPS) is 12.7. The van der Waals surface area contributed by atoms with Crippen molar-refractivity contribution in [3.05, 3.63) is 138 Å². The maximum atomic E-state index is 13.6. The highest BCUT2D eigenvalue weighted by atomic mass is 35.5. The molecule has 5 aromatic rings. The molecule has 68 heavy (non-hydrogen) atoms. The standard InChI is InChI=1S/C44H32Cl4F6N8O6/c1-19-9-34(56-42(68)38(22(4)64)62-60-30-14-24(12-28(48)16-30)40(66)58-36-18-26(46)6-8-32(36)44(52,53)54)20(2)10-33(19)55-41(67)37(21(3)63)61-59-29-13-23(11-27(47)15-29)39(65)57-35-17-25(45)5-7-31(35)43(49,50)51/h5-18,37-38H,1-4H3,(H,55,67)(H,56,68)(H,57,65)(H,58,66). The molecule has 2 unspecified atom stereocenters. The second kappa shape index (κ2) is 21.5. The highest BCUT2D eigenvalue weighted by molar-refractivity contribution is 6.32. The van der Waals surface area contributed by atoms with Gasteiger partial charge in [-0.3, -0.25) is 28.8 Å². The largest absolute Gasteiger partial charge is 0.418 e. The monoisotopic (exact) mass is 1020 g/mol. The van der Waals surface area contributed by atoms with Gasteiger partial charge in [0, 0.05) is 42.6 Å². The van der Waals surface area contributed by atoms with Gasteiger partial charge >= 0.3 is 12.4 Å². The van der Waals surface area contributed by atoms with Crippen LogP contribution in [0.1, 0.15) is 56.8 Å². The van der Waals surface area contributed by atoms with Gasteiger partial charge in [-0.05, 0) is 124 Å². The Morgan fingerprint density at radius 2 is 0.824 bits per heavy atom. The lowest BCUT2D eigenvalue weighted by molar-refractivity contribution is -0.137. The lowest BCUT2D eigenvalue weighted by Crippen LogP contribution is -2.32. The number of Topliss-reactive ketones (excluding diaryl/α,β-unsaturated/α-hetero) is 2. The van der Waals surface area contributed by atoms with Crippen molar-refractivity contribution in [2.24, 2.45) is 20.5 Å². The van der Waals surface area contributed by atoms with Crippen LogP contribution >= 0.6 is 46.4 Å². The van der Waals surface area contributed by atoms with Crippen LogP contribution in [0.4, 0.5) is 60.5 Å². The van der Waals surface area contributed by atoms with Crippen molar-refractivity contribution >= 4 is 116 Å². The molecule has 5 aromatic carbocycles. The molecule has 0 spiro atoms. The molecule has 0 saturated heterocycles. The highest BCUT2D eigenvalue weighted by Crippen LogP contribution is 2.38. The Hall–Kier alpha value is -6.74. The fraction of sp³-hybridized carbons (Fsp3) is 0.182. The minimum absolute atomic E-state index is 0.0789. The Bertz CT molecular complexity index is 2740. The van der Waals surface area contributed by atoms with Crippen LogP contribution in [0.3, 0.4) is 0 Å². The molecule has 14 nitrogen and oxygen atoms in total. The molecule has 354 valence electrons. The number of azo groups is 2. The average molecular weight is 1020 g/mol. The van der Waals surface area contributed by atoms with Crippen molar-refractivity contribution < 1.29 is 55.1 Å². The Kier molecular flexibility index (Phi) is 16.5. The van der Waals surface area contributed by atoms with Crippen LogP contribution in [0.5, 0.6) is 0 Å². The highest BCUT2D eigenvalue weighted by Gasteiger charge is 2.35. The van der Waals surface area contributed by atoms with Gasteiger partial charge in [0.25, 0.3) is 23.6 Å². The number of aryl methyl sites for hydroxylation is 2. The van der Waals surface area contributed by atoms with Crippen molar-refractivity contribution in [3.63, 3.8) is 0 Å². The van der Waals surface area contributed by atoms with E-state index in [-0.39, 0.29) is 54.0 Å². The van der Waals surface area contributed by atoms with Gasteiger partial charge in [-0.1, -0.05) is 46.4 Å². The number of nitrogens with one attached hydrogen (secondary N) is 4. The van der Waals surface area contributed by atoms with Gasteiger partial charge in [0.15, 0.2) is 11.6 Å². The Balaban J connectivity index is 1.28. The fourth-order valence-electron chi connectivity index (χ4n) is 6.02. The predicted octanol–water partition coefficient (Wildman–Crippen LogP) is 12.8. The smallest absolute Gasteiger partial charge is 0.324 e. The lowest BCUT2D eigenvalue weighted by Gasteiger charge is -2.16.